The minimum Gasteiger partial charge on any atom is -0.106 e. The summed E-state index contributed by atoms with van der Waals surface area (Å²) >= 11 is 0. The van der Waals surface area contributed by atoms with E-state index in [9.17, 15) is 0 Å². The molecule has 0 aromatic carbocycles. The molecule has 0 N–H and O–H groups in total. The molecule has 2 atom stereocenters. The highest BCUT2D eigenvalue weighted by Crippen LogP contribution is 2.44. The van der Waals surface area contributed by atoms with Crippen molar-refractivity contribution in [2.24, 2.45) is 0 Å². The first-order chi connectivity index (χ1) is 10.8. The quantitative estimate of drug-likeness (QED) is 0.185. The minimum absolute atomic E-state index is 0.374. The van der Waals surface area contributed by atoms with E-state index >= 15 is 0 Å². The van der Waals surface area contributed by atoms with Crippen LogP contribution in [-0.4, -0.2) is 37.0 Å². The zero-order valence-corrected chi connectivity index (χ0v) is 18.0. The molecule has 0 saturated carbocycles. The van der Waals surface area contributed by atoms with Gasteiger partial charge in [-0.25, -0.2) is 0 Å². The van der Waals surface area contributed by atoms with E-state index < -0.39 is 0 Å². The van der Waals surface area contributed by atoms with Crippen molar-refractivity contribution in [2.45, 2.75) is 91.9 Å². The van der Waals surface area contributed by atoms with Crippen LogP contribution in [0.3, 0.4) is 0 Å². The van der Waals surface area contributed by atoms with Crippen molar-refractivity contribution in [3.8, 4) is 0 Å². The fourth-order valence-corrected chi connectivity index (χ4v) is 9.32. The lowest BCUT2D eigenvalue weighted by atomic mass is 10.2. The molecule has 0 aliphatic carbocycles. The van der Waals surface area contributed by atoms with E-state index in [-0.39, 0.29) is 0 Å². The van der Waals surface area contributed by atoms with Crippen LogP contribution in [0.25, 0.3) is 0 Å². The van der Waals surface area contributed by atoms with Crippen LogP contribution in [0, 0.1) is 0 Å². The second kappa shape index (κ2) is 18.2. The summed E-state index contributed by atoms with van der Waals surface area (Å²) in [4.78, 5) is 0. The normalized spacial score (nSPS) is 14.2. The summed E-state index contributed by atoms with van der Waals surface area (Å²) in [6, 6.07) is 0. The summed E-state index contributed by atoms with van der Waals surface area (Å²) in [6.07, 6.45) is 24.0. The van der Waals surface area contributed by atoms with E-state index in [1.54, 1.807) is 37.0 Å². The molecule has 0 aromatic heterocycles. The number of hydrogen-bond donors (Lipinski definition) is 0. The van der Waals surface area contributed by atoms with Gasteiger partial charge in [-0.1, -0.05) is 79.1 Å². The molecule has 0 aromatic rings. The molecule has 134 valence electrons. The van der Waals surface area contributed by atoms with E-state index in [2.05, 4.69) is 27.7 Å². The van der Waals surface area contributed by atoms with Gasteiger partial charge in [0.2, 0.25) is 0 Å². The van der Waals surface area contributed by atoms with Gasteiger partial charge in [-0.15, -0.1) is 15.8 Å². The Kier molecular flexibility index (Phi) is 18.9. The molecule has 0 rings (SSSR count). The molecular weight excluding hydrogens is 302 g/mol. The molecule has 0 nitrogen and oxygen atoms in total. The van der Waals surface area contributed by atoms with Gasteiger partial charge in [-0.05, 0) is 49.8 Å². The van der Waals surface area contributed by atoms with Crippen molar-refractivity contribution < 1.29 is 0 Å². The summed E-state index contributed by atoms with van der Waals surface area (Å²) in [6.45, 7) is 9.43. The first-order valence-corrected chi connectivity index (χ1v) is 14.0. The van der Waals surface area contributed by atoms with Gasteiger partial charge >= 0.3 is 0 Å². The van der Waals surface area contributed by atoms with Gasteiger partial charge in [0.1, 0.15) is 0 Å². The van der Waals surface area contributed by atoms with Gasteiger partial charge in [-0.2, -0.15) is 0 Å². The first kappa shape index (κ1) is 22.9. The summed E-state index contributed by atoms with van der Waals surface area (Å²) in [5.74, 6) is 0. The van der Waals surface area contributed by atoms with Crippen molar-refractivity contribution in [3.05, 3.63) is 0 Å². The van der Waals surface area contributed by atoms with Gasteiger partial charge in [0.05, 0.1) is 0 Å². The second-order valence-corrected chi connectivity index (χ2v) is 12.2. The highest BCUT2D eigenvalue weighted by atomic mass is 31.1. The van der Waals surface area contributed by atoms with Crippen molar-refractivity contribution in [2.75, 3.05) is 37.0 Å². The fourth-order valence-electron chi connectivity index (χ4n) is 3.11. The van der Waals surface area contributed by atoms with E-state index in [0.29, 0.717) is 15.8 Å². The van der Waals surface area contributed by atoms with Crippen molar-refractivity contribution in [1.82, 2.24) is 0 Å². The number of hydrogen-bond acceptors (Lipinski definition) is 0. The maximum Gasteiger partial charge on any atom is -0.0286 e. The summed E-state index contributed by atoms with van der Waals surface area (Å²) in [5.41, 5.74) is 0. The van der Waals surface area contributed by atoms with E-state index in [4.69, 9.17) is 0 Å². The predicted molar refractivity (Wildman–Crippen MR) is 112 cm³/mol. The molecule has 22 heavy (non-hydrogen) atoms. The Hall–Kier alpha value is 0.860. The third-order valence-corrected chi connectivity index (χ3v) is 10.6. The first-order valence-electron chi connectivity index (χ1n) is 10.2. The average molecular weight is 347 g/mol. The van der Waals surface area contributed by atoms with Gasteiger partial charge in [0, 0.05) is 0 Å². The highest BCUT2D eigenvalue weighted by molar-refractivity contribution is 7.61. The fraction of sp³-hybridized carbons (Fsp3) is 1.00. The summed E-state index contributed by atoms with van der Waals surface area (Å²) in [5, 5.41) is 0. The van der Waals surface area contributed by atoms with Crippen LogP contribution in [0.2, 0.25) is 0 Å². The standard InChI is InChI=1S/C20H44P2/c1-5-9-11-13-17-21(15-7-3)19-20-22(16-8-4)18-14-12-10-6-2/h5-20H2,1-4H3. The zero-order chi connectivity index (χ0) is 16.5. The lowest BCUT2D eigenvalue weighted by molar-refractivity contribution is 0.703. The molecule has 0 saturated heterocycles. The molecule has 2 unspecified atom stereocenters. The topological polar surface area (TPSA) is 0 Å². The van der Waals surface area contributed by atoms with Gasteiger partial charge in [0.25, 0.3) is 0 Å². The lowest BCUT2D eigenvalue weighted by Gasteiger charge is -2.22. The smallest absolute Gasteiger partial charge is 0.0286 e. The van der Waals surface area contributed by atoms with E-state index in [1.165, 1.54) is 64.2 Å². The Morgan fingerprint density at radius 3 is 1.09 bits per heavy atom. The molecule has 0 fully saturated rings. The molecule has 0 radical (unpaired) electrons. The molecule has 0 heterocycles. The average Bonchev–Trinajstić information content (AvgIpc) is 2.52. The van der Waals surface area contributed by atoms with Crippen LogP contribution in [0.1, 0.15) is 91.9 Å². The van der Waals surface area contributed by atoms with Crippen molar-refractivity contribution in [3.63, 3.8) is 0 Å². The van der Waals surface area contributed by atoms with Crippen molar-refractivity contribution in [1.29, 1.82) is 0 Å². The Balaban J connectivity index is 3.96. The Morgan fingerprint density at radius 1 is 0.364 bits per heavy atom. The molecule has 2 heteroatoms. The Morgan fingerprint density at radius 2 is 0.773 bits per heavy atom. The van der Waals surface area contributed by atoms with Crippen LogP contribution >= 0.6 is 15.8 Å². The Labute approximate surface area is 145 Å². The van der Waals surface area contributed by atoms with Crippen molar-refractivity contribution >= 4 is 15.8 Å². The van der Waals surface area contributed by atoms with Crippen LogP contribution in [0.4, 0.5) is 0 Å². The number of rotatable bonds is 17. The second-order valence-electron chi connectivity index (χ2n) is 6.80. The minimum atomic E-state index is 0.374. The summed E-state index contributed by atoms with van der Waals surface area (Å²) < 4.78 is 0. The molecule has 0 spiro atoms. The predicted octanol–water partition coefficient (Wildman–Crippen LogP) is 7.93. The molecule has 0 amide bonds. The van der Waals surface area contributed by atoms with Gasteiger partial charge < -0.3 is 0 Å². The third-order valence-electron chi connectivity index (χ3n) is 4.47. The monoisotopic (exact) mass is 346 g/mol. The molecule has 0 aliphatic rings. The van der Waals surface area contributed by atoms with Gasteiger partial charge in [0.15, 0.2) is 0 Å². The Bertz CT molecular complexity index is 184. The van der Waals surface area contributed by atoms with E-state index in [1.807, 2.05) is 0 Å². The van der Waals surface area contributed by atoms with Crippen LogP contribution in [0.5, 0.6) is 0 Å². The third kappa shape index (κ3) is 14.5. The maximum atomic E-state index is 2.39. The maximum absolute atomic E-state index is 2.39. The molecule has 0 aliphatic heterocycles. The SMILES string of the molecule is CCCCCCP(CCC)CCP(CCC)CCCCCC. The molecule has 0 bridgehead atoms. The van der Waals surface area contributed by atoms with Crippen LogP contribution in [-0.2, 0) is 0 Å². The van der Waals surface area contributed by atoms with Crippen LogP contribution in [0.15, 0.2) is 0 Å². The largest absolute Gasteiger partial charge is 0.106 e. The zero-order valence-electron chi connectivity index (χ0n) is 16.2. The van der Waals surface area contributed by atoms with Crippen LogP contribution < -0.4 is 0 Å². The molecular formula is C20H44P2. The number of unbranched alkanes of at least 4 members (excludes halogenated alkanes) is 6. The van der Waals surface area contributed by atoms with E-state index in [0.717, 1.165) is 0 Å². The van der Waals surface area contributed by atoms with Gasteiger partial charge in [-0.3, -0.25) is 0 Å². The lowest BCUT2D eigenvalue weighted by Crippen LogP contribution is -2.02. The summed E-state index contributed by atoms with van der Waals surface area (Å²) in [7, 11) is 0.748. The highest BCUT2D eigenvalue weighted by Gasteiger charge is 2.12.